The predicted molar refractivity (Wildman–Crippen MR) is 126 cm³/mol. The highest BCUT2D eigenvalue weighted by atomic mass is 16.2. The van der Waals surface area contributed by atoms with Gasteiger partial charge in [-0.1, -0.05) is 91.0 Å². The van der Waals surface area contributed by atoms with Crippen LogP contribution in [-0.4, -0.2) is 23.4 Å². The molecule has 3 amide bonds. The van der Waals surface area contributed by atoms with Crippen LogP contribution in [0.25, 0.3) is 0 Å². The number of hydrogen-bond acceptors (Lipinski definition) is 2. The standard InChI is InChI=1S/C27H29N3O2/c31-26(28-18-21-10-4-1-5-11-21)24-16-17-25(23-14-8-3-9-15-23)30(20-24)27(32)29-19-22-12-6-2-7-13-22/h1-15,24-25H,16-20H2,(H,28,31)(H,29,32)/t24-,25-/m1/s1. The molecule has 0 aromatic heterocycles. The van der Waals surface area contributed by atoms with Crippen molar-refractivity contribution in [3.05, 3.63) is 108 Å². The summed E-state index contributed by atoms with van der Waals surface area (Å²) in [7, 11) is 0. The van der Waals surface area contributed by atoms with Gasteiger partial charge in [-0.2, -0.15) is 0 Å². The van der Waals surface area contributed by atoms with E-state index in [1.54, 1.807) is 0 Å². The van der Waals surface area contributed by atoms with E-state index in [-0.39, 0.29) is 23.9 Å². The van der Waals surface area contributed by atoms with Gasteiger partial charge in [0.05, 0.1) is 12.0 Å². The Labute approximate surface area is 189 Å². The number of rotatable bonds is 6. The van der Waals surface area contributed by atoms with Crippen molar-refractivity contribution in [2.45, 2.75) is 32.0 Å². The molecule has 32 heavy (non-hydrogen) atoms. The summed E-state index contributed by atoms with van der Waals surface area (Å²) in [4.78, 5) is 27.9. The highest BCUT2D eigenvalue weighted by molar-refractivity contribution is 5.81. The Morgan fingerprint density at radius 2 is 1.25 bits per heavy atom. The van der Waals surface area contributed by atoms with Gasteiger partial charge >= 0.3 is 6.03 Å². The molecular weight excluding hydrogens is 398 g/mol. The van der Waals surface area contributed by atoms with Gasteiger partial charge in [-0.25, -0.2) is 4.79 Å². The predicted octanol–water partition coefficient (Wildman–Crippen LogP) is 4.67. The molecule has 0 aliphatic carbocycles. The van der Waals surface area contributed by atoms with E-state index >= 15 is 0 Å². The fourth-order valence-corrected chi connectivity index (χ4v) is 4.24. The molecule has 3 aromatic carbocycles. The molecule has 5 nitrogen and oxygen atoms in total. The summed E-state index contributed by atoms with van der Waals surface area (Å²) >= 11 is 0. The number of hydrogen-bond donors (Lipinski definition) is 2. The van der Waals surface area contributed by atoms with Crippen LogP contribution >= 0.6 is 0 Å². The first-order chi connectivity index (χ1) is 15.7. The monoisotopic (exact) mass is 427 g/mol. The maximum atomic E-state index is 13.2. The summed E-state index contributed by atoms with van der Waals surface area (Å²) in [6.07, 6.45) is 1.51. The number of benzene rings is 3. The SMILES string of the molecule is O=C(NCc1ccccc1)[C@@H]1CC[C@H](c2ccccc2)N(C(=O)NCc2ccccc2)C1. The Kier molecular flexibility index (Phi) is 7.18. The number of nitrogens with one attached hydrogen (secondary N) is 2. The fraction of sp³-hybridized carbons (Fsp3) is 0.259. The molecule has 0 bridgehead atoms. The molecule has 1 aliphatic rings. The van der Waals surface area contributed by atoms with Gasteiger partial charge in [-0.05, 0) is 29.5 Å². The van der Waals surface area contributed by atoms with Crippen molar-refractivity contribution in [3.63, 3.8) is 0 Å². The number of carbonyl (C=O) groups is 2. The lowest BCUT2D eigenvalue weighted by atomic mass is 9.88. The quantitative estimate of drug-likeness (QED) is 0.601. The van der Waals surface area contributed by atoms with E-state index in [1.165, 1.54) is 0 Å². The van der Waals surface area contributed by atoms with Gasteiger partial charge in [0.15, 0.2) is 0 Å². The number of amides is 3. The number of urea groups is 1. The first-order valence-corrected chi connectivity index (χ1v) is 11.2. The van der Waals surface area contributed by atoms with Gasteiger partial charge in [0.1, 0.15) is 0 Å². The molecule has 3 aromatic rings. The van der Waals surface area contributed by atoms with Crippen LogP contribution in [0.3, 0.4) is 0 Å². The van der Waals surface area contributed by atoms with Gasteiger partial charge in [-0.3, -0.25) is 4.79 Å². The van der Waals surface area contributed by atoms with Crippen molar-refractivity contribution in [1.82, 2.24) is 15.5 Å². The Morgan fingerprint density at radius 1 is 0.719 bits per heavy atom. The van der Waals surface area contributed by atoms with Crippen LogP contribution < -0.4 is 10.6 Å². The summed E-state index contributed by atoms with van der Waals surface area (Å²) in [6.45, 7) is 1.36. The average molecular weight is 428 g/mol. The number of piperidine rings is 1. The molecule has 0 saturated carbocycles. The average Bonchev–Trinajstić information content (AvgIpc) is 2.87. The number of nitrogens with zero attached hydrogens (tertiary/aromatic N) is 1. The summed E-state index contributed by atoms with van der Waals surface area (Å²) in [5, 5.41) is 6.08. The Bertz CT molecular complexity index is 1010. The van der Waals surface area contributed by atoms with Crippen LogP contribution in [0.2, 0.25) is 0 Å². The smallest absolute Gasteiger partial charge is 0.318 e. The van der Waals surface area contributed by atoms with Crippen LogP contribution in [0.1, 0.15) is 35.6 Å². The van der Waals surface area contributed by atoms with Crippen molar-refractivity contribution < 1.29 is 9.59 Å². The van der Waals surface area contributed by atoms with Crippen molar-refractivity contribution in [2.75, 3.05) is 6.54 Å². The van der Waals surface area contributed by atoms with Gasteiger partial charge in [0.2, 0.25) is 5.91 Å². The van der Waals surface area contributed by atoms with Gasteiger partial charge < -0.3 is 15.5 Å². The molecule has 0 unspecified atom stereocenters. The highest BCUT2D eigenvalue weighted by Crippen LogP contribution is 2.33. The molecule has 0 radical (unpaired) electrons. The molecule has 1 saturated heterocycles. The lowest BCUT2D eigenvalue weighted by Gasteiger charge is -2.39. The fourth-order valence-electron chi connectivity index (χ4n) is 4.24. The Balaban J connectivity index is 1.43. The minimum absolute atomic E-state index is 0.00113. The summed E-state index contributed by atoms with van der Waals surface area (Å²) < 4.78 is 0. The molecule has 2 N–H and O–H groups in total. The topological polar surface area (TPSA) is 61.4 Å². The summed E-state index contributed by atoms with van der Waals surface area (Å²) in [5.74, 6) is -0.220. The van der Waals surface area contributed by atoms with E-state index in [2.05, 4.69) is 22.8 Å². The zero-order valence-corrected chi connectivity index (χ0v) is 18.1. The normalized spacial score (nSPS) is 18.1. The highest BCUT2D eigenvalue weighted by Gasteiger charge is 2.35. The van der Waals surface area contributed by atoms with Crippen LogP contribution in [0.5, 0.6) is 0 Å². The lowest BCUT2D eigenvalue weighted by molar-refractivity contribution is -0.126. The number of likely N-dealkylation sites (tertiary alicyclic amines) is 1. The van der Waals surface area contributed by atoms with Crippen LogP contribution in [0.4, 0.5) is 4.79 Å². The maximum Gasteiger partial charge on any atom is 0.318 e. The van der Waals surface area contributed by atoms with Crippen LogP contribution in [0.15, 0.2) is 91.0 Å². The van der Waals surface area contributed by atoms with Gasteiger partial charge in [0, 0.05) is 19.6 Å². The molecule has 2 atom stereocenters. The zero-order chi connectivity index (χ0) is 22.2. The molecule has 5 heteroatoms. The van der Waals surface area contributed by atoms with E-state index in [9.17, 15) is 9.59 Å². The summed E-state index contributed by atoms with van der Waals surface area (Å²) in [5.41, 5.74) is 3.22. The lowest BCUT2D eigenvalue weighted by Crippen LogP contribution is -2.50. The Hall–Kier alpha value is -3.60. The van der Waals surface area contributed by atoms with Crippen molar-refractivity contribution in [3.8, 4) is 0 Å². The van der Waals surface area contributed by atoms with Crippen molar-refractivity contribution in [1.29, 1.82) is 0 Å². The largest absolute Gasteiger partial charge is 0.352 e. The number of carbonyl (C=O) groups excluding carboxylic acids is 2. The van der Waals surface area contributed by atoms with Gasteiger partial charge in [-0.15, -0.1) is 0 Å². The van der Waals surface area contributed by atoms with E-state index in [1.807, 2.05) is 83.8 Å². The molecule has 4 rings (SSSR count). The van der Waals surface area contributed by atoms with E-state index in [0.29, 0.717) is 19.6 Å². The second kappa shape index (κ2) is 10.6. The van der Waals surface area contributed by atoms with Crippen molar-refractivity contribution in [2.24, 2.45) is 5.92 Å². The van der Waals surface area contributed by atoms with E-state index < -0.39 is 0 Å². The molecule has 164 valence electrons. The zero-order valence-electron chi connectivity index (χ0n) is 18.1. The second-order valence-electron chi connectivity index (χ2n) is 8.20. The van der Waals surface area contributed by atoms with E-state index in [0.717, 1.165) is 29.5 Å². The van der Waals surface area contributed by atoms with Crippen LogP contribution in [-0.2, 0) is 17.9 Å². The molecule has 0 spiro atoms. The second-order valence-corrected chi connectivity index (χ2v) is 8.20. The maximum absolute atomic E-state index is 13.2. The molecule has 1 aliphatic heterocycles. The summed E-state index contributed by atoms with van der Waals surface area (Å²) in [6, 6.07) is 29.6. The van der Waals surface area contributed by atoms with E-state index in [4.69, 9.17) is 0 Å². The third kappa shape index (κ3) is 5.55. The molecule has 1 heterocycles. The van der Waals surface area contributed by atoms with Crippen LogP contribution in [0, 0.1) is 5.92 Å². The minimum atomic E-state index is -0.221. The Morgan fingerprint density at radius 3 is 1.84 bits per heavy atom. The third-order valence-electron chi connectivity index (χ3n) is 5.99. The van der Waals surface area contributed by atoms with Gasteiger partial charge in [0.25, 0.3) is 0 Å². The molecule has 1 fully saturated rings. The third-order valence-corrected chi connectivity index (χ3v) is 5.99. The minimum Gasteiger partial charge on any atom is -0.352 e. The first kappa shape index (κ1) is 21.6. The molecular formula is C27H29N3O2. The van der Waals surface area contributed by atoms with Crippen molar-refractivity contribution >= 4 is 11.9 Å². The first-order valence-electron chi connectivity index (χ1n) is 11.2.